The van der Waals surface area contributed by atoms with Crippen LogP contribution in [-0.2, 0) is 16.4 Å². The summed E-state index contributed by atoms with van der Waals surface area (Å²) in [4.78, 5) is 17.6. The number of carbonyl (C=O) groups excluding carboxylic acids is 1. The zero-order valence-corrected chi connectivity index (χ0v) is 22.7. The lowest BCUT2D eigenvalue weighted by molar-refractivity contribution is 0.102. The second-order valence-corrected chi connectivity index (χ2v) is 11.6. The zero-order chi connectivity index (χ0) is 26.9. The van der Waals surface area contributed by atoms with E-state index in [1.165, 1.54) is 5.56 Å². The third kappa shape index (κ3) is 5.23. The van der Waals surface area contributed by atoms with Gasteiger partial charge in [-0.15, -0.1) is 0 Å². The Kier molecular flexibility index (Phi) is 7.10. The predicted octanol–water partition coefficient (Wildman–Crippen LogP) is 5.13. The molecule has 0 radical (unpaired) electrons. The van der Waals surface area contributed by atoms with Crippen molar-refractivity contribution in [2.24, 2.45) is 0 Å². The molecule has 0 aromatic heterocycles. The van der Waals surface area contributed by atoms with Crippen LogP contribution in [0.3, 0.4) is 0 Å². The molecule has 196 valence electrons. The number of hydrogen-bond donors (Lipinski definition) is 2. The van der Waals surface area contributed by atoms with Crippen molar-refractivity contribution in [2.45, 2.75) is 18.2 Å². The molecule has 0 unspecified atom stereocenters. The van der Waals surface area contributed by atoms with Crippen molar-refractivity contribution in [3.63, 3.8) is 0 Å². The summed E-state index contributed by atoms with van der Waals surface area (Å²) in [5.41, 5.74) is 4.83. The largest absolute Gasteiger partial charge is 0.370 e. The number of amides is 1. The van der Waals surface area contributed by atoms with Crippen molar-refractivity contribution in [3.8, 4) is 0 Å². The molecule has 0 fully saturated rings. The van der Waals surface area contributed by atoms with Crippen LogP contribution < -0.4 is 14.9 Å². The molecule has 1 aliphatic heterocycles. The van der Waals surface area contributed by atoms with E-state index in [1.54, 1.807) is 30.3 Å². The van der Waals surface area contributed by atoms with Crippen LogP contribution in [0.2, 0.25) is 0 Å². The summed E-state index contributed by atoms with van der Waals surface area (Å²) in [6.45, 7) is 4.62. The average Bonchev–Trinajstić information content (AvgIpc) is 3.29. The number of nitrogens with zero attached hydrogens (tertiary/aromatic N) is 2. The van der Waals surface area contributed by atoms with E-state index in [4.69, 9.17) is 0 Å². The van der Waals surface area contributed by atoms with Crippen molar-refractivity contribution in [1.82, 2.24) is 4.90 Å². The van der Waals surface area contributed by atoms with Crippen molar-refractivity contribution in [2.75, 3.05) is 48.7 Å². The first kappa shape index (κ1) is 25.8. The molecule has 1 amide bonds. The minimum absolute atomic E-state index is 0.159. The number of sulfonamides is 1. The molecule has 7 nitrogen and oxygen atoms in total. The maximum absolute atomic E-state index is 13.6. The van der Waals surface area contributed by atoms with E-state index in [9.17, 15) is 13.2 Å². The van der Waals surface area contributed by atoms with Crippen molar-refractivity contribution < 1.29 is 13.2 Å². The lowest BCUT2D eigenvalue weighted by Gasteiger charge is -2.22. The number of carbonyl (C=O) groups is 1. The monoisotopic (exact) mass is 528 g/mol. The Morgan fingerprint density at radius 3 is 2.45 bits per heavy atom. The summed E-state index contributed by atoms with van der Waals surface area (Å²) in [6.07, 6.45) is 0.954. The Hall–Kier alpha value is -3.88. The minimum Gasteiger partial charge on any atom is -0.370 e. The molecule has 0 bridgehead atoms. The highest BCUT2D eigenvalue weighted by molar-refractivity contribution is 7.93. The van der Waals surface area contributed by atoms with E-state index in [0.717, 1.165) is 37.3 Å². The molecule has 0 spiro atoms. The quantitative estimate of drug-likeness (QED) is 0.332. The smallest absolute Gasteiger partial charge is 0.262 e. The fourth-order valence-electron chi connectivity index (χ4n) is 4.90. The van der Waals surface area contributed by atoms with Gasteiger partial charge in [-0.05, 0) is 68.9 Å². The van der Waals surface area contributed by atoms with Gasteiger partial charge >= 0.3 is 0 Å². The van der Waals surface area contributed by atoms with E-state index < -0.39 is 10.0 Å². The normalized spacial score (nSPS) is 13.1. The third-order valence-electron chi connectivity index (χ3n) is 6.96. The van der Waals surface area contributed by atoms with Gasteiger partial charge in [0.2, 0.25) is 0 Å². The molecule has 0 saturated heterocycles. The lowest BCUT2D eigenvalue weighted by atomic mass is 10.1. The molecule has 4 aromatic carbocycles. The number of benzene rings is 4. The van der Waals surface area contributed by atoms with Crippen LogP contribution in [0.5, 0.6) is 0 Å². The number of rotatable bonds is 8. The number of anilines is 3. The summed E-state index contributed by atoms with van der Waals surface area (Å²) in [7, 11) is 0.200. The van der Waals surface area contributed by atoms with Gasteiger partial charge < -0.3 is 15.1 Å². The van der Waals surface area contributed by atoms with E-state index in [0.29, 0.717) is 27.7 Å². The van der Waals surface area contributed by atoms with Crippen LogP contribution in [0.15, 0.2) is 83.8 Å². The van der Waals surface area contributed by atoms with Gasteiger partial charge in [-0.2, -0.15) is 0 Å². The van der Waals surface area contributed by atoms with Crippen molar-refractivity contribution in [3.05, 3.63) is 95.6 Å². The van der Waals surface area contributed by atoms with E-state index in [2.05, 4.69) is 19.8 Å². The maximum Gasteiger partial charge on any atom is 0.262 e. The van der Waals surface area contributed by atoms with Gasteiger partial charge in [-0.25, -0.2) is 8.42 Å². The Bertz CT molecular complexity index is 1620. The first-order valence-electron chi connectivity index (χ1n) is 12.7. The zero-order valence-electron chi connectivity index (χ0n) is 21.9. The van der Waals surface area contributed by atoms with Gasteiger partial charge in [0.05, 0.1) is 10.6 Å². The second kappa shape index (κ2) is 10.5. The fraction of sp³-hybridized carbons (Fsp3) is 0.233. The highest BCUT2D eigenvalue weighted by atomic mass is 32.2. The first-order valence-corrected chi connectivity index (χ1v) is 14.2. The van der Waals surface area contributed by atoms with Crippen LogP contribution in [0, 0.1) is 6.92 Å². The fourth-order valence-corrected chi connectivity index (χ4v) is 6.17. The van der Waals surface area contributed by atoms with Crippen LogP contribution in [-0.4, -0.2) is 53.0 Å². The third-order valence-corrected chi connectivity index (χ3v) is 8.40. The topological polar surface area (TPSA) is 81.7 Å². The van der Waals surface area contributed by atoms with Crippen LogP contribution in [0.25, 0.3) is 10.8 Å². The van der Waals surface area contributed by atoms with Crippen LogP contribution >= 0.6 is 0 Å². The Labute approximate surface area is 224 Å². The molecule has 0 saturated carbocycles. The summed E-state index contributed by atoms with van der Waals surface area (Å²) in [6, 6.07) is 23.5. The molecule has 1 aliphatic rings. The first-order chi connectivity index (χ1) is 18.2. The molecule has 1 heterocycles. The van der Waals surface area contributed by atoms with Gasteiger partial charge in [-0.3, -0.25) is 9.52 Å². The number of aryl methyl sites for hydroxylation is 1. The number of hydrogen-bond acceptors (Lipinski definition) is 5. The summed E-state index contributed by atoms with van der Waals surface area (Å²) < 4.78 is 30.0. The molecule has 0 atom stereocenters. The predicted molar refractivity (Wildman–Crippen MR) is 155 cm³/mol. The highest BCUT2D eigenvalue weighted by Crippen LogP contribution is 2.34. The summed E-state index contributed by atoms with van der Waals surface area (Å²) >= 11 is 0. The summed E-state index contributed by atoms with van der Waals surface area (Å²) in [5.74, 6) is -0.237. The lowest BCUT2D eigenvalue weighted by Crippen LogP contribution is -2.30. The van der Waals surface area contributed by atoms with Crippen molar-refractivity contribution in [1.29, 1.82) is 0 Å². The number of nitrogens with one attached hydrogen (secondary N) is 2. The van der Waals surface area contributed by atoms with Crippen LogP contribution in [0.4, 0.5) is 17.1 Å². The minimum atomic E-state index is -3.89. The van der Waals surface area contributed by atoms with E-state index >= 15 is 0 Å². The molecular formula is C30H32N4O3S. The molecular weight excluding hydrogens is 496 g/mol. The van der Waals surface area contributed by atoms with Gasteiger partial charge in [0, 0.05) is 47.3 Å². The molecule has 2 N–H and O–H groups in total. The van der Waals surface area contributed by atoms with Gasteiger partial charge in [0.1, 0.15) is 0 Å². The van der Waals surface area contributed by atoms with Crippen molar-refractivity contribution >= 4 is 43.8 Å². The Morgan fingerprint density at radius 2 is 1.68 bits per heavy atom. The molecule has 0 aliphatic carbocycles. The maximum atomic E-state index is 13.6. The van der Waals surface area contributed by atoms with Gasteiger partial charge in [0.15, 0.2) is 0 Å². The standard InChI is InChI=1S/C30H32N4O3S/c1-21-8-4-5-9-24(21)30(35)31-27-14-15-29(26-11-7-6-10-25(26)27)38(36,37)32-23-13-12-22-16-17-34(28(22)20-23)19-18-33(2)3/h4-15,20,32H,16-19H2,1-3H3,(H,31,35). The highest BCUT2D eigenvalue weighted by Gasteiger charge is 2.23. The van der Waals surface area contributed by atoms with Gasteiger partial charge in [0.25, 0.3) is 15.9 Å². The van der Waals surface area contributed by atoms with E-state index in [-0.39, 0.29) is 10.8 Å². The Balaban J connectivity index is 1.44. The second-order valence-electron chi connectivity index (χ2n) is 9.92. The van der Waals surface area contributed by atoms with Crippen LogP contribution in [0.1, 0.15) is 21.5 Å². The molecule has 8 heteroatoms. The molecule has 38 heavy (non-hydrogen) atoms. The van der Waals surface area contributed by atoms with E-state index in [1.807, 2.05) is 69.6 Å². The Morgan fingerprint density at radius 1 is 0.947 bits per heavy atom. The molecule has 4 aromatic rings. The number of likely N-dealkylation sites (N-methyl/N-ethyl adjacent to an activating group) is 1. The summed E-state index contributed by atoms with van der Waals surface area (Å²) in [5, 5.41) is 4.15. The van der Waals surface area contributed by atoms with Gasteiger partial charge in [-0.1, -0.05) is 48.5 Å². The number of fused-ring (bicyclic) bond motifs is 2. The molecule has 5 rings (SSSR count). The average molecular weight is 529 g/mol. The SMILES string of the molecule is Cc1ccccc1C(=O)Nc1ccc(S(=O)(=O)Nc2ccc3c(c2)N(CCN(C)C)CC3)c2ccccc12.